The molecule has 96 valence electrons. The smallest absolute Gasteiger partial charge is 0.243 e. The van der Waals surface area contributed by atoms with Gasteiger partial charge < -0.3 is 5.32 Å². The molecule has 1 N–H and O–H groups in total. The summed E-state index contributed by atoms with van der Waals surface area (Å²) in [6, 6.07) is 3.94. The van der Waals surface area contributed by atoms with Crippen LogP contribution in [0.4, 0.5) is 5.95 Å². The van der Waals surface area contributed by atoms with E-state index < -0.39 is 0 Å². The van der Waals surface area contributed by atoms with Crippen molar-refractivity contribution in [3.05, 3.63) is 22.8 Å². The van der Waals surface area contributed by atoms with Crippen LogP contribution in [0.15, 0.2) is 22.8 Å². The Hall–Kier alpha value is -1.10. The van der Waals surface area contributed by atoms with Crippen LogP contribution in [-0.2, 0) is 0 Å². The first-order valence-corrected chi connectivity index (χ1v) is 7.26. The Morgan fingerprint density at radius 2 is 2.28 bits per heavy atom. The van der Waals surface area contributed by atoms with Crippen LogP contribution in [0.5, 0.6) is 0 Å². The number of anilines is 1. The summed E-state index contributed by atoms with van der Waals surface area (Å²) in [6.07, 6.45) is 7.18. The molecule has 2 aromatic heterocycles. The van der Waals surface area contributed by atoms with Crippen molar-refractivity contribution in [1.82, 2.24) is 14.6 Å². The molecular formula is C13H17BrN4. The summed E-state index contributed by atoms with van der Waals surface area (Å²) in [7, 11) is 0. The molecule has 4 nitrogen and oxygen atoms in total. The summed E-state index contributed by atoms with van der Waals surface area (Å²) in [4.78, 5) is 4.47. The molecule has 0 spiro atoms. The summed E-state index contributed by atoms with van der Waals surface area (Å²) in [5, 5.41) is 7.82. The molecule has 1 saturated carbocycles. The molecule has 0 amide bonds. The van der Waals surface area contributed by atoms with Crippen molar-refractivity contribution in [1.29, 1.82) is 0 Å². The fraction of sp³-hybridized carbons (Fsp3) is 0.538. The minimum atomic E-state index is 0.484. The highest BCUT2D eigenvalue weighted by Crippen LogP contribution is 2.43. The molecule has 0 aliphatic heterocycles. The maximum atomic E-state index is 4.47. The molecule has 1 fully saturated rings. The molecule has 0 aromatic carbocycles. The molecule has 1 aliphatic carbocycles. The molecule has 1 aliphatic rings. The molecule has 0 bridgehead atoms. The van der Waals surface area contributed by atoms with Crippen LogP contribution in [0.1, 0.15) is 32.6 Å². The predicted octanol–water partition coefficient (Wildman–Crippen LogP) is 3.48. The molecule has 0 atom stereocenters. The summed E-state index contributed by atoms with van der Waals surface area (Å²) >= 11 is 3.43. The lowest BCUT2D eigenvalue weighted by molar-refractivity contribution is 0.144. The van der Waals surface area contributed by atoms with Gasteiger partial charge in [-0.1, -0.05) is 13.3 Å². The lowest BCUT2D eigenvalue weighted by Crippen LogP contribution is -2.36. The number of fused-ring (bicyclic) bond motifs is 1. The molecule has 0 unspecified atom stereocenters. The monoisotopic (exact) mass is 308 g/mol. The Morgan fingerprint density at radius 3 is 2.94 bits per heavy atom. The summed E-state index contributed by atoms with van der Waals surface area (Å²) < 4.78 is 2.81. The lowest BCUT2D eigenvalue weighted by atomic mass is 9.67. The molecule has 0 radical (unpaired) electrons. The standard InChI is InChI=1S/C13H17BrN4/c1-2-13(6-3-7-13)9-15-12-16-11-5-4-10(14)8-18(11)17-12/h4-5,8H,2-3,6-7,9H2,1H3,(H,15,17). The second-order valence-electron chi connectivity index (χ2n) is 5.15. The van der Waals surface area contributed by atoms with E-state index in [9.17, 15) is 0 Å². The predicted molar refractivity (Wildman–Crippen MR) is 75.8 cm³/mol. The van der Waals surface area contributed by atoms with Crippen LogP contribution in [-0.4, -0.2) is 21.1 Å². The van der Waals surface area contributed by atoms with E-state index in [1.807, 2.05) is 18.3 Å². The third-order valence-electron chi connectivity index (χ3n) is 4.08. The minimum absolute atomic E-state index is 0.484. The van der Waals surface area contributed by atoms with Gasteiger partial charge in [-0.25, -0.2) is 4.52 Å². The van der Waals surface area contributed by atoms with Gasteiger partial charge >= 0.3 is 0 Å². The van der Waals surface area contributed by atoms with Gasteiger partial charge in [-0.2, -0.15) is 4.98 Å². The second-order valence-corrected chi connectivity index (χ2v) is 6.06. The highest BCUT2D eigenvalue weighted by atomic mass is 79.9. The lowest BCUT2D eigenvalue weighted by Gasteiger charge is -2.41. The molecule has 18 heavy (non-hydrogen) atoms. The summed E-state index contributed by atoms with van der Waals surface area (Å²) in [5.74, 6) is 0.729. The number of halogens is 1. The van der Waals surface area contributed by atoms with Gasteiger partial charge in [0.2, 0.25) is 5.95 Å². The van der Waals surface area contributed by atoms with Crippen LogP contribution in [0.3, 0.4) is 0 Å². The van der Waals surface area contributed by atoms with Crippen LogP contribution < -0.4 is 5.32 Å². The van der Waals surface area contributed by atoms with Gasteiger partial charge in [0.25, 0.3) is 0 Å². The molecule has 2 heterocycles. The van der Waals surface area contributed by atoms with Crippen molar-refractivity contribution in [2.45, 2.75) is 32.6 Å². The number of nitrogens with one attached hydrogen (secondary N) is 1. The van der Waals surface area contributed by atoms with Gasteiger partial charge in [0, 0.05) is 17.2 Å². The van der Waals surface area contributed by atoms with Gasteiger partial charge in [-0.3, -0.25) is 0 Å². The van der Waals surface area contributed by atoms with Crippen LogP contribution in [0, 0.1) is 5.41 Å². The number of hydrogen-bond donors (Lipinski definition) is 1. The largest absolute Gasteiger partial charge is 0.352 e. The molecule has 5 heteroatoms. The average molecular weight is 309 g/mol. The van der Waals surface area contributed by atoms with Crippen LogP contribution in [0.2, 0.25) is 0 Å². The number of nitrogens with zero attached hydrogens (tertiary/aromatic N) is 3. The third kappa shape index (κ3) is 2.11. The van der Waals surface area contributed by atoms with E-state index in [2.05, 4.69) is 38.3 Å². The minimum Gasteiger partial charge on any atom is -0.352 e. The molecule has 2 aromatic rings. The van der Waals surface area contributed by atoms with E-state index in [1.165, 1.54) is 25.7 Å². The van der Waals surface area contributed by atoms with Gasteiger partial charge in [0.1, 0.15) is 0 Å². The quantitative estimate of drug-likeness (QED) is 0.940. The van der Waals surface area contributed by atoms with Gasteiger partial charge in [-0.05, 0) is 52.7 Å². The number of hydrogen-bond acceptors (Lipinski definition) is 3. The first-order valence-electron chi connectivity index (χ1n) is 6.47. The first kappa shape index (κ1) is 12.0. The zero-order chi connectivity index (χ0) is 12.6. The van der Waals surface area contributed by atoms with Crippen molar-refractivity contribution in [3.63, 3.8) is 0 Å². The van der Waals surface area contributed by atoms with E-state index in [0.717, 1.165) is 22.6 Å². The van der Waals surface area contributed by atoms with Gasteiger partial charge in [-0.15, -0.1) is 5.10 Å². The van der Waals surface area contributed by atoms with Crippen molar-refractivity contribution < 1.29 is 0 Å². The normalized spacial score (nSPS) is 17.7. The van der Waals surface area contributed by atoms with E-state index in [0.29, 0.717) is 5.41 Å². The van der Waals surface area contributed by atoms with E-state index in [4.69, 9.17) is 0 Å². The molecular weight excluding hydrogens is 292 g/mol. The maximum Gasteiger partial charge on any atom is 0.243 e. The van der Waals surface area contributed by atoms with Crippen molar-refractivity contribution in [2.24, 2.45) is 5.41 Å². The third-order valence-corrected chi connectivity index (χ3v) is 4.55. The van der Waals surface area contributed by atoms with Crippen molar-refractivity contribution >= 4 is 27.5 Å². The van der Waals surface area contributed by atoms with E-state index in [-0.39, 0.29) is 0 Å². The Morgan fingerprint density at radius 1 is 1.44 bits per heavy atom. The first-order chi connectivity index (χ1) is 8.71. The highest BCUT2D eigenvalue weighted by Gasteiger charge is 2.34. The second kappa shape index (κ2) is 4.53. The Kier molecular flexibility index (Phi) is 3.01. The summed E-state index contributed by atoms with van der Waals surface area (Å²) in [6.45, 7) is 3.26. The van der Waals surface area contributed by atoms with Crippen molar-refractivity contribution in [2.75, 3.05) is 11.9 Å². The number of pyridine rings is 1. The fourth-order valence-electron chi connectivity index (χ4n) is 2.53. The Balaban J connectivity index is 1.74. The van der Waals surface area contributed by atoms with Gasteiger partial charge in [0.05, 0.1) is 0 Å². The zero-order valence-electron chi connectivity index (χ0n) is 10.5. The molecule has 0 saturated heterocycles. The fourth-order valence-corrected chi connectivity index (χ4v) is 2.86. The number of rotatable bonds is 4. The SMILES string of the molecule is CCC1(CNc2nc3ccc(Br)cn3n2)CCC1. The van der Waals surface area contributed by atoms with Gasteiger partial charge in [0.15, 0.2) is 5.65 Å². The maximum absolute atomic E-state index is 4.47. The highest BCUT2D eigenvalue weighted by molar-refractivity contribution is 9.10. The van der Waals surface area contributed by atoms with E-state index in [1.54, 1.807) is 4.52 Å². The number of aromatic nitrogens is 3. The zero-order valence-corrected chi connectivity index (χ0v) is 12.1. The topological polar surface area (TPSA) is 42.2 Å². The molecule has 3 rings (SSSR count). The Bertz CT molecular complexity index is 554. The van der Waals surface area contributed by atoms with E-state index >= 15 is 0 Å². The van der Waals surface area contributed by atoms with Crippen LogP contribution >= 0.6 is 15.9 Å². The average Bonchev–Trinajstić information content (AvgIpc) is 2.70. The van der Waals surface area contributed by atoms with Crippen molar-refractivity contribution in [3.8, 4) is 0 Å². The summed E-state index contributed by atoms with van der Waals surface area (Å²) in [5.41, 5.74) is 1.36. The van der Waals surface area contributed by atoms with Crippen LogP contribution in [0.25, 0.3) is 5.65 Å². The Labute approximate surface area is 115 Å².